The van der Waals surface area contributed by atoms with E-state index in [9.17, 15) is 5.11 Å². The summed E-state index contributed by atoms with van der Waals surface area (Å²) < 4.78 is 7.47. The van der Waals surface area contributed by atoms with E-state index >= 15 is 0 Å². The Kier molecular flexibility index (Phi) is 3.32. The second-order valence-electron chi connectivity index (χ2n) is 5.99. The van der Waals surface area contributed by atoms with Gasteiger partial charge in [-0.25, -0.2) is 0 Å². The standard InChI is InChI=1S/C14H23NO2/c1-10(9-17-4)15-6-5-11-12(15)7-14(2,3)8-13(11)16/h5-6,10,13,16H,7-9H2,1-4H3. The van der Waals surface area contributed by atoms with Crippen LogP contribution in [0.2, 0.25) is 0 Å². The van der Waals surface area contributed by atoms with E-state index in [0.29, 0.717) is 12.6 Å². The molecule has 2 atom stereocenters. The van der Waals surface area contributed by atoms with E-state index in [1.165, 1.54) is 5.69 Å². The quantitative estimate of drug-likeness (QED) is 0.877. The van der Waals surface area contributed by atoms with Crippen molar-refractivity contribution in [3.8, 4) is 0 Å². The van der Waals surface area contributed by atoms with Crippen molar-refractivity contribution in [2.24, 2.45) is 5.41 Å². The minimum absolute atomic E-state index is 0.176. The summed E-state index contributed by atoms with van der Waals surface area (Å²) in [7, 11) is 1.73. The lowest BCUT2D eigenvalue weighted by atomic mass is 9.75. The van der Waals surface area contributed by atoms with Gasteiger partial charge in [0.05, 0.1) is 18.8 Å². The third-order valence-electron chi connectivity index (χ3n) is 3.69. The van der Waals surface area contributed by atoms with Gasteiger partial charge in [-0.15, -0.1) is 0 Å². The smallest absolute Gasteiger partial charge is 0.0812 e. The number of methoxy groups -OCH3 is 1. The van der Waals surface area contributed by atoms with Crippen molar-refractivity contribution in [3.05, 3.63) is 23.5 Å². The van der Waals surface area contributed by atoms with Gasteiger partial charge < -0.3 is 14.4 Å². The van der Waals surface area contributed by atoms with Gasteiger partial charge in [0.25, 0.3) is 0 Å². The molecule has 1 heterocycles. The molecule has 0 radical (unpaired) electrons. The molecule has 17 heavy (non-hydrogen) atoms. The number of rotatable bonds is 3. The monoisotopic (exact) mass is 237 g/mol. The Morgan fingerprint density at radius 3 is 2.94 bits per heavy atom. The van der Waals surface area contributed by atoms with Gasteiger partial charge in [-0.3, -0.25) is 0 Å². The maximum Gasteiger partial charge on any atom is 0.0812 e. The highest BCUT2D eigenvalue weighted by molar-refractivity contribution is 5.29. The summed E-state index contributed by atoms with van der Waals surface area (Å²) in [5.41, 5.74) is 2.56. The molecular formula is C14H23NO2. The Balaban J connectivity index is 2.33. The van der Waals surface area contributed by atoms with Gasteiger partial charge in [-0.2, -0.15) is 0 Å². The van der Waals surface area contributed by atoms with Crippen molar-refractivity contribution >= 4 is 0 Å². The first-order chi connectivity index (χ1) is 7.94. The molecule has 1 aliphatic rings. The Bertz CT molecular complexity index is 395. The lowest BCUT2D eigenvalue weighted by Crippen LogP contribution is -2.27. The van der Waals surface area contributed by atoms with Crippen LogP contribution in [-0.2, 0) is 11.2 Å². The second kappa shape index (κ2) is 4.46. The lowest BCUT2D eigenvalue weighted by molar-refractivity contribution is 0.0958. The number of aromatic nitrogens is 1. The second-order valence-corrected chi connectivity index (χ2v) is 5.99. The summed E-state index contributed by atoms with van der Waals surface area (Å²) in [5, 5.41) is 10.2. The van der Waals surface area contributed by atoms with Crippen molar-refractivity contribution in [1.29, 1.82) is 0 Å². The maximum absolute atomic E-state index is 10.2. The summed E-state index contributed by atoms with van der Waals surface area (Å²) in [5.74, 6) is 0. The molecule has 0 amide bonds. The van der Waals surface area contributed by atoms with Crippen LogP contribution < -0.4 is 0 Å². The fraction of sp³-hybridized carbons (Fsp3) is 0.714. The lowest BCUT2D eigenvalue weighted by Gasteiger charge is -2.34. The van der Waals surface area contributed by atoms with E-state index in [-0.39, 0.29) is 11.5 Å². The van der Waals surface area contributed by atoms with Crippen LogP contribution in [0.25, 0.3) is 0 Å². The molecule has 2 rings (SSSR count). The molecule has 2 unspecified atom stereocenters. The van der Waals surface area contributed by atoms with Crippen molar-refractivity contribution in [2.45, 2.75) is 45.8 Å². The molecule has 0 saturated carbocycles. The molecule has 0 aliphatic heterocycles. The average Bonchev–Trinajstić information content (AvgIpc) is 2.59. The summed E-state index contributed by atoms with van der Waals surface area (Å²) in [6.07, 6.45) is 3.65. The van der Waals surface area contributed by atoms with E-state index in [0.717, 1.165) is 18.4 Å². The highest BCUT2D eigenvalue weighted by Crippen LogP contribution is 2.41. The number of ether oxygens (including phenoxy) is 1. The van der Waals surface area contributed by atoms with E-state index in [1.807, 2.05) is 0 Å². The van der Waals surface area contributed by atoms with E-state index in [2.05, 4.69) is 37.6 Å². The third kappa shape index (κ3) is 2.40. The van der Waals surface area contributed by atoms with E-state index in [4.69, 9.17) is 4.74 Å². The first-order valence-electron chi connectivity index (χ1n) is 6.31. The molecule has 96 valence electrons. The van der Waals surface area contributed by atoms with Crippen LogP contribution in [0.3, 0.4) is 0 Å². The zero-order chi connectivity index (χ0) is 12.6. The molecule has 1 aliphatic carbocycles. The molecule has 0 bridgehead atoms. The zero-order valence-electron chi connectivity index (χ0n) is 11.2. The van der Waals surface area contributed by atoms with E-state index in [1.54, 1.807) is 7.11 Å². The molecule has 0 fully saturated rings. The van der Waals surface area contributed by atoms with Gasteiger partial charge in [0.1, 0.15) is 0 Å². The number of aliphatic hydroxyl groups excluding tert-OH is 1. The Hall–Kier alpha value is -0.800. The predicted octanol–water partition coefficient (Wildman–Crippen LogP) is 2.70. The van der Waals surface area contributed by atoms with Gasteiger partial charge in [-0.1, -0.05) is 13.8 Å². The Morgan fingerprint density at radius 2 is 2.29 bits per heavy atom. The molecule has 0 saturated heterocycles. The van der Waals surface area contributed by atoms with Crippen LogP contribution in [0.1, 0.15) is 50.6 Å². The highest BCUT2D eigenvalue weighted by atomic mass is 16.5. The number of fused-ring (bicyclic) bond motifs is 1. The summed E-state index contributed by atoms with van der Waals surface area (Å²) in [6.45, 7) is 7.30. The largest absolute Gasteiger partial charge is 0.388 e. The number of aliphatic hydroxyl groups is 1. The fourth-order valence-corrected chi connectivity index (χ4v) is 2.89. The van der Waals surface area contributed by atoms with Crippen molar-refractivity contribution in [1.82, 2.24) is 4.57 Å². The minimum atomic E-state index is -0.315. The number of hydrogen-bond donors (Lipinski definition) is 1. The van der Waals surface area contributed by atoms with Gasteiger partial charge in [-0.05, 0) is 31.2 Å². The first kappa shape index (κ1) is 12.7. The van der Waals surface area contributed by atoms with Crippen LogP contribution in [0.5, 0.6) is 0 Å². The summed E-state index contributed by atoms with van der Waals surface area (Å²) in [6, 6.07) is 2.38. The predicted molar refractivity (Wildman–Crippen MR) is 68.1 cm³/mol. The van der Waals surface area contributed by atoms with Crippen molar-refractivity contribution < 1.29 is 9.84 Å². The van der Waals surface area contributed by atoms with Crippen LogP contribution in [0.4, 0.5) is 0 Å². The molecule has 1 aromatic rings. The molecule has 0 spiro atoms. The van der Waals surface area contributed by atoms with Gasteiger partial charge in [0, 0.05) is 24.6 Å². The Labute approximate surface area is 103 Å². The topological polar surface area (TPSA) is 34.4 Å². The SMILES string of the molecule is COCC(C)n1ccc2c1CC(C)(C)CC2O. The molecule has 3 nitrogen and oxygen atoms in total. The highest BCUT2D eigenvalue weighted by Gasteiger charge is 2.33. The molecule has 0 aromatic carbocycles. The third-order valence-corrected chi connectivity index (χ3v) is 3.69. The van der Waals surface area contributed by atoms with Crippen molar-refractivity contribution in [2.75, 3.05) is 13.7 Å². The average molecular weight is 237 g/mol. The summed E-state index contributed by atoms with van der Waals surface area (Å²) >= 11 is 0. The maximum atomic E-state index is 10.2. The van der Waals surface area contributed by atoms with Gasteiger partial charge in [0.15, 0.2) is 0 Å². The fourth-order valence-electron chi connectivity index (χ4n) is 2.89. The van der Waals surface area contributed by atoms with Crippen LogP contribution in [0, 0.1) is 5.41 Å². The first-order valence-corrected chi connectivity index (χ1v) is 6.31. The molecule has 3 heteroatoms. The minimum Gasteiger partial charge on any atom is -0.388 e. The molecule has 1 aromatic heterocycles. The van der Waals surface area contributed by atoms with Gasteiger partial charge in [0.2, 0.25) is 0 Å². The van der Waals surface area contributed by atoms with E-state index < -0.39 is 0 Å². The van der Waals surface area contributed by atoms with Crippen LogP contribution in [-0.4, -0.2) is 23.4 Å². The number of nitrogens with zero attached hydrogens (tertiary/aromatic N) is 1. The summed E-state index contributed by atoms with van der Waals surface area (Å²) in [4.78, 5) is 0. The van der Waals surface area contributed by atoms with Crippen LogP contribution in [0.15, 0.2) is 12.3 Å². The van der Waals surface area contributed by atoms with Crippen LogP contribution >= 0.6 is 0 Å². The molecular weight excluding hydrogens is 214 g/mol. The van der Waals surface area contributed by atoms with Gasteiger partial charge >= 0.3 is 0 Å². The van der Waals surface area contributed by atoms with Crippen molar-refractivity contribution in [3.63, 3.8) is 0 Å². The zero-order valence-corrected chi connectivity index (χ0v) is 11.2. The number of hydrogen-bond acceptors (Lipinski definition) is 2. The Morgan fingerprint density at radius 1 is 1.59 bits per heavy atom. The molecule has 1 N–H and O–H groups in total. The normalized spacial score (nSPS) is 24.4.